The van der Waals surface area contributed by atoms with E-state index < -0.39 is 23.7 Å². The molecule has 2 rings (SSSR count). The van der Waals surface area contributed by atoms with Crippen LogP contribution in [-0.2, 0) is 4.74 Å². The molecule has 0 bridgehead atoms. The van der Waals surface area contributed by atoms with Gasteiger partial charge in [-0.2, -0.15) is 0 Å². The van der Waals surface area contributed by atoms with Gasteiger partial charge in [-0.15, -0.1) is 11.8 Å². The first-order valence-corrected chi connectivity index (χ1v) is 7.54. The first-order chi connectivity index (χ1) is 10.0. The molecule has 2 aromatic rings. The third kappa shape index (κ3) is 3.61. The van der Waals surface area contributed by atoms with Gasteiger partial charge in [0.05, 0.1) is 11.1 Å². The van der Waals surface area contributed by atoms with Gasteiger partial charge in [-0.05, 0) is 49.6 Å². The van der Waals surface area contributed by atoms with Crippen molar-refractivity contribution in [2.24, 2.45) is 0 Å². The SMILES string of the molecule is CSc1ccc(C(=O)OC(C)c2c(F)cccc2F)cc1. The first-order valence-electron chi connectivity index (χ1n) is 6.32. The van der Waals surface area contributed by atoms with Gasteiger partial charge in [-0.25, -0.2) is 13.6 Å². The van der Waals surface area contributed by atoms with Gasteiger partial charge in [0.2, 0.25) is 0 Å². The lowest BCUT2D eigenvalue weighted by atomic mass is 10.1. The Hall–Kier alpha value is -1.88. The average Bonchev–Trinajstić information content (AvgIpc) is 2.47. The molecule has 0 amide bonds. The van der Waals surface area contributed by atoms with E-state index in [2.05, 4.69) is 0 Å². The molecule has 0 aliphatic carbocycles. The van der Waals surface area contributed by atoms with Gasteiger partial charge in [0.1, 0.15) is 17.7 Å². The first kappa shape index (κ1) is 15.5. The van der Waals surface area contributed by atoms with Gasteiger partial charge in [-0.3, -0.25) is 0 Å². The highest BCUT2D eigenvalue weighted by Gasteiger charge is 2.20. The fraction of sp³-hybridized carbons (Fsp3) is 0.188. The van der Waals surface area contributed by atoms with Crippen LogP contribution in [0.4, 0.5) is 8.78 Å². The number of hydrogen-bond acceptors (Lipinski definition) is 3. The van der Waals surface area contributed by atoms with Crippen molar-refractivity contribution in [2.75, 3.05) is 6.26 Å². The molecule has 2 aromatic carbocycles. The quantitative estimate of drug-likeness (QED) is 0.609. The number of carbonyl (C=O) groups is 1. The van der Waals surface area contributed by atoms with Crippen molar-refractivity contribution in [1.82, 2.24) is 0 Å². The minimum Gasteiger partial charge on any atom is -0.454 e. The second-order valence-electron chi connectivity index (χ2n) is 4.41. The van der Waals surface area contributed by atoms with E-state index in [0.717, 1.165) is 17.0 Å². The molecule has 110 valence electrons. The Labute approximate surface area is 126 Å². The lowest BCUT2D eigenvalue weighted by molar-refractivity contribution is 0.0324. The largest absolute Gasteiger partial charge is 0.454 e. The third-order valence-electron chi connectivity index (χ3n) is 3.02. The maximum atomic E-state index is 13.6. The second kappa shape index (κ2) is 6.72. The number of benzene rings is 2. The van der Waals surface area contributed by atoms with Crippen LogP contribution in [0.1, 0.15) is 28.9 Å². The van der Waals surface area contributed by atoms with Gasteiger partial charge >= 0.3 is 5.97 Å². The van der Waals surface area contributed by atoms with Gasteiger partial charge < -0.3 is 4.74 Å². The molecule has 0 aromatic heterocycles. The molecule has 0 saturated heterocycles. The van der Waals surface area contributed by atoms with Crippen LogP contribution >= 0.6 is 11.8 Å². The van der Waals surface area contributed by atoms with Gasteiger partial charge in [0.15, 0.2) is 0 Å². The predicted octanol–water partition coefficient (Wildman–Crippen LogP) is 4.60. The zero-order valence-electron chi connectivity index (χ0n) is 11.6. The van der Waals surface area contributed by atoms with Gasteiger partial charge in [0.25, 0.3) is 0 Å². The Kier molecular flexibility index (Phi) is 4.96. The average molecular weight is 308 g/mol. The minimum absolute atomic E-state index is 0.244. The molecule has 0 radical (unpaired) electrons. The number of esters is 1. The molecule has 5 heteroatoms. The van der Waals surface area contributed by atoms with Crippen LogP contribution in [0, 0.1) is 11.6 Å². The summed E-state index contributed by atoms with van der Waals surface area (Å²) >= 11 is 1.55. The van der Waals surface area contributed by atoms with Crippen LogP contribution in [0.2, 0.25) is 0 Å². The minimum atomic E-state index is -1.00. The van der Waals surface area contributed by atoms with E-state index in [1.54, 1.807) is 36.0 Å². The van der Waals surface area contributed by atoms with Crippen LogP contribution in [0.5, 0.6) is 0 Å². The van der Waals surface area contributed by atoms with Crippen LogP contribution in [0.3, 0.4) is 0 Å². The maximum Gasteiger partial charge on any atom is 0.338 e. The third-order valence-corrected chi connectivity index (χ3v) is 3.76. The molecule has 0 spiro atoms. The molecular weight excluding hydrogens is 294 g/mol. The zero-order chi connectivity index (χ0) is 15.4. The van der Waals surface area contributed by atoms with Crippen molar-refractivity contribution >= 4 is 17.7 Å². The molecule has 1 atom stereocenters. The molecule has 21 heavy (non-hydrogen) atoms. The summed E-state index contributed by atoms with van der Waals surface area (Å²) in [6.45, 7) is 1.44. The highest BCUT2D eigenvalue weighted by molar-refractivity contribution is 7.98. The van der Waals surface area contributed by atoms with E-state index >= 15 is 0 Å². The van der Waals surface area contributed by atoms with Crippen molar-refractivity contribution in [3.05, 3.63) is 65.2 Å². The second-order valence-corrected chi connectivity index (χ2v) is 5.29. The summed E-state index contributed by atoms with van der Waals surface area (Å²) in [5.74, 6) is -2.07. The monoisotopic (exact) mass is 308 g/mol. The summed E-state index contributed by atoms with van der Waals surface area (Å²) in [6.07, 6.45) is 0.926. The zero-order valence-corrected chi connectivity index (χ0v) is 12.4. The van der Waals surface area contributed by atoms with Gasteiger partial charge in [0, 0.05) is 4.90 Å². The van der Waals surface area contributed by atoms with E-state index in [4.69, 9.17) is 4.74 Å². The summed E-state index contributed by atoms with van der Waals surface area (Å²) in [5, 5.41) is 0. The van der Waals surface area contributed by atoms with Crippen molar-refractivity contribution in [1.29, 1.82) is 0 Å². The molecule has 0 N–H and O–H groups in total. The molecule has 0 saturated carbocycles. The lowest BCUT2D eigenvalue weighted by Crippen LogP contribution is -2.12. The topological polar surface area (TPSA) is 26.3 Å². The van der Waals surface area contributed by atoms with Crippen molar-refractivity contribution < 1.29 is 18.3 Å². The molecule has 0 aliphatic heterocycles. The van der Waals surface area contributed by atoms with Crippen LogP contribution < -0.4 is 0 Å². The smallest absolute Gasteiger partial charge is 0.338 e. The number of rotatable bonds is 4. The van der Waals surface area contributed by atoms with Crippen LogP contribution in [-0.4, -0.2) is 12.2 Å². The van der Waals surface area contributed by atoms with E-state index in [-0.39, 0.29) is 5.56 Å². The molecule has 1 unspecified atom stereocenters. The molecule has 0 aliphatic rings. The van der Waals surface area contributed by atoms with E-state index in [1.807, 2.05) is 6.26 Å². The van der Waals surface area contributed by atoms with Crippen LogP contribution in [0.15, 0.2) is 47.4 Å². The summed E-state index contributed by atoms with van der Waals surface area (Å²) in [4.78, 5) is 13.0. The van der Waals surface area contributed by atoms with Crippen molar-refractivity contribution in [3.63, 3.8) is 0 Å². The number of ether oxygens (including phenoxy) is 1. The number of hydrogen-bond donors (Lipinski definition) is 0. The fourth-order valence-corrected chi connectivity index (χ4v) is 2.32. The Morgan fingerprint density at radius 3 is 2.19 bits per heavy atom. The van der Waals surface area contributed by atoms with Crippen LogP contribution in [0.25, 0.3) is 0 Å². The summed E-state index contributed by atoms with van der Waals surface area (Å²) in [7, 11) is 0. The van der Waals surface area contributed by atoms with Crippen molar-refractivity contribution in [2.45, 2.75) is 17.9 Å². The lowest BCUT2D eigenvalue weighted by Gasteiger charge is -2.15. The maximum absolute atomic E-state index is 13.6. The van der Waals surface area contributed by atoms with E-state index in [0.29, 0.717) is 5.56 Å². The fourth-order valence-electron chi connectivity index (χ4n) is 1.91. The Bertz CT molecular complexity index is 621. The van der Waals surface area contributed by atoms with Crippen molar-refractivity contribution in [3.8, 4) is 0 Å². The Morgan fingerprint density at radius 2 is 1.67 bits per heavy atom. The summed E-state index contributed by atoms with van der Waals surface area (Å²) < 4.78 is 32.4. The van der Waals surface area contributed by atoms with Gasteiger partial charge in [-0.1, -0.05) is 6.07 Å². The molecular formula is C16H14F2O2S. The molecule has 2 nitrogen and oxygen atoms in total. The Morgan fingerprint density at radius 1 is 1.10 bits per heavy atom. The van der Waals surface area contributed by atoms with E-state index in [9.17, 15) is 13.6 Å². The predicted molar refractivity (Wildman–Crippen MR) is 78.4 cm³/mol. The molecule has 0 fully saturated rings. The Balaban J connectivity index is 2.15. The number of halogens is 2. The summed E-state index contributed by atoms with van der Waals surface area (Å²) in [6, 6.07) is 10.4. The highest BCUT2D eigenvalue weighted by Crippen LogP contribution is 2.25. The number of thioether (sulfide) groups is 1. The summed E-state index contributed by atoms with van der Waals surface area (Å²) in [5.41, 5.74) is 0.1000. The molecule has 0 heterocycles. The highest BCUT2D eigenvalue weighted by atomic mass is 32.2. The van der Waals surface area contributed by atoms with E-state index in [1.165, 1.54) is 13.0 Å². The standard InChI is InChI=1S/C16H14F2O2S/c1-10(15-13(17)4-3-5-14(15)18)20-16(19)11-6-8-12(21-2)9-7-11/h3-10H,1-2H3. The number of carbonyl (C=O) groups excluding carboxylic acids is 1. The normalized spacial score (nSPS) is 12.0.